The van der Waals surface area contributed by atoms with E-state index in [0.29, 0.717) is 43.0 Å². The molecule has 1 aliphatic rings. The molecule has 0 saturated carbocycles. The van der Waals surface area contributed by atoms with Crippen LogP contribution in [0.1, 0.15) is 43.2 Å². The zero-order valence-corrected chi connectivity index (χ0v) is 22.0. The molecule has 0 spiro atoms. The Balaban J connectivity index is 0.00000380. The molecule has 2 aromatic heterocycles. The Labute approximate surface area is 223 Å². The molecular formula is C23H28Cl2F3N7O2. The second kappa shape index (κ2) is 11.8. The van der Waals surface area contributed by atoms with E-state index in [9.17, 15) is 18.0 Å². The van der Waals surface area contributed by atoms with Gasteiger partial charge in [0.15, 0.2) is 6.04 Å². The van der Waals surface area contributed by atoms with Gasteiger partial charge in [-0.2, -0.15) is 22.7 Å². The van der Waals surface area contributed by atoms with Gasteiger partial charge in [-0.05, 0) is 62.2 Å². The Kier molecular flexibility index (Phi) is 9.22. The van der Waals surface area contributed by atoms with Crippen LogP contribution in [0.2, 0.25) is 5.28 Å². The third-order valence-corrected chi connectivity index (χ3v) is 6.52. The second-order valence-corrected chi connectivity index (χ2v) is 9.03. The zero-order valence-electron chi connectivity index (χ0n) is 20.4. The quantitative estimate of drug-likeness (QED) is 0.431. The Morgan fingerprint density at radius 3 is 2.51 bits per heavy atom. The van der Waals surface area contributed by atoms with E-state index >= 15 is 0 Å². The number of methoxy groups -OCH3 is 1. The Hall–Kier alpha value is -2.67. The van der Waals surface area contributed by atoms with Crippen molar-refractivity contribution in [3.05, 3.63) is 47.0 Å². The fourth-order valence-corrected chi connectivity index (χ4v) is 4.60. The average Bonchev–Trinajstić information content (AvgIpc) is 3.24. The van der Waals surface area contributed by atoms with Gasteiger partial charge in [0.1, 0.15) is 0 Å². The molecule has 1 aromatic carbocycles. The highest BCUT2D eigenvalue weighted by Gasteiger charge is 2.46. The van der Waals surface area contributed by atoms with E-state index < -0.39 is 30.1 Å². The van der Waals surface area contributed by atoms with E-state index in [4.69, 9.17) is 16.3 Å². The van der Waals surface area contributed by atoms with Crippen LogP contribution in [0, 0.1) is 5.92 Å². The number of ether oxygens (including phenoxy) is 1. The lowest BCUT2D eigenvalue weighted by Crippen LogP contribution is -2.45. The molecule has 0 radical (unpaired) electrons. The molecule has 1 saturated heterocycles. The number of fused-ring (bicyclic) bond motifs is 1. The van der Waals surface area contributed by atoms with Gasteiger partial charge in [0, 0.05) is 25.8 Å². The molecule has 1 amide bonds. The number of hydrogen-bond acceptors (Lipinski definition) is 7. The average molecular weight is 562 g/mol. The molecule has 37 heavy (non-hydrogen) atoms. The van der Waals surface area contributed by atoms with E-state index in [2.05, 4.69) is 25.7 Å². The number of nitrogens with one attached hydrogen (secondary N) is 2. The summed E-state index contributed by atoms with van der Waals surface area (Å²) in [5, 5.41) is 10.4. The van der Waals surface area contributed by atoms with Gasteiger partial charge in [-0.1, -0.05) is 12.1 Å². The Bertz CT molecular complexity index is 1220. The number of alkyl halides is 3. The van der Waals surface area contributed by atoms with Crippen molar-refractivity contribution in [3.63, 3.8) is 0 Å². The van der Waals surface area contributed by atoms with Crippen LogP contribution in [-0.2, 0) is 9.53 Å². The molecule has 2 atom stereocenters. The van der Waals surface area contributed by atoms with Crippen molar-refractivity contribution < 1.29 is 22.7 Å². The highest BCUT2D eigenvalue weighted by atomic mass is 35.5. The zero-order chi connectivity index (χ0) is 26.0. The number of hydrogen-bond donors (Lipinski definition) is 2. The molecule has 4 rings (SSSR count). The number of carbonyl (C=O) groups is 1. The van der Waals surface area contributed by atoms with E-state index in [-0.39, 0.29) is 29.0 Å². The minimum atomic E-state index is -4.63. The highest BCUT2D eigenvalue weighted by molar-refractivity contribution is 6.28. The predicted octanol–water partition coefficient (Wildman–Crippen LogP) is 4.71. The van der Waals surface area contributed by atoms with Crippen molar-refractivity contribution in [2.24, 2.45) is 5.92 Å². The minimum absolute atomic E-state index is 0. The maximum Gasteiger partial charge on any atom is 0.413 e. The number of rotatable bonds is 7. The number of benzene rings is 1. The van der Waals surface area contributed by atoms with Gasteiger partial charge in [-0.25, -0.2) is 4.98 Å². The maximum atomic E-state index is 14.1. The second-order valence-electron chi connectivity index (χ2n) is 8.69. The van der Waals surface area contributed by atoms with E-state index in [1.54, 1.807) is 0 Å². The van der Waals surface area contributed by atoms with E-state index in [1.165, 1.54) is 49.1 Å². The van der Waals surface area contributed by atoms with Crippen LogP contribution in [-0.4, -0.2) is 63.8 Å². The first kappa shape index (κ1) is 28.9. The predicted molar refractivity (Wildman–Crippen MR) is 135 cm³/mol. The Morgan fingerprint density at radius 2 is 1.92 bits per heavy atom. The maximum absolute atomic E-state index is 14.1. The molecule has 1 fully saturated rings. The SMILES string of the molecule is CO[C@@H](C)c1c(Nc2ccc([C@H](N(C)C(=O)C3CCNCC3)C(F)(F)F)cc2)cnc2nc(Cl)nn12.Cl. The van der Waals surface area contributed by atoms with Gasteiger partial charge in [0.05, 0.1) is 23.7 Å². The van der Waals surface area contributed by atoms with Crippen molar-refractivity contribution in [3.8, 4) is 0 Å². The molecular weight excluding hydrogens is 534 g/mol. The third-order valence-electron chi connectivity index (χ3n) is 6.35. The van der Waals surface area contributed by atoms with Gasteiger partial charge in [-0.15, -0.1) is 17.5 Å². The number of nitrogens with zero attached hydrogens (tertiary/aromatic N) is 5. The molecule has 2 N–H and O–H groups in total. The molecule has 0 bridgehead atoms. The van der Waals surface area contributed by atoms with Gasteiger partial charge in [0.25, 0.3) is 5.78 Å². The van der Waals surface area contributed by atoms with Gasteiger partial charge < -0.3 is 20.3 Å². The molecule has 14 heteroatoms. The summed E-state index contributed by atoms with van der Waals surface area (Å²) in [4.78, 5) is 21.9. The topological polar surface area (TPSA) is 96.7 Å². The van der Waals surface area contributed by atoms with Gasteiger partial charge in [-0.3, -0.25) is 4.79 Å². The molecule has 1 aliphatic heterocycles. The van der Waals surface area contributed by atoms with Crippen LogP contribution in [0.3, 0.4) is 0 Å². The largest absolute Gasteiger partial charge is 0.413 e. The lowest BCUT2D eigenvalue weighted by molar-refractivity contribution is -0.190. The third kappa shape index (κ3) is 6.25. The van der Waals surface area contributed by atoms with Crippen LogP contribution < -0.4 is 10.6 Å². The summed E-state index contributed by atoms with van der Waals surface area (Å²) < 4.78 is 49.2. The van der Waals surface area contributed by atoms with Crippen LogP contribution in [0.4, 0.5) is 24.5 Å². The number of halogens is 5. The summed E-state index contributed by atoms with van der Waals surface area (Å²) in [6.07, 6.45) is -2.47. The molecule has 0 aliphatic carbocycles. The van der Waals surface area contributed by atoms with Crippen molar-refractivity contribution >= 4 is 47.1 Å². The monoisotopic (exact) mass is 561 g/mol. The van der Waals surface area contributed by atoms with Crippen LogP contribution in [0.25, 0.3) is 5.78 Å². The van der Waals surface area contributed by atoms with Crippen LogP contribution in [0.15, 0.2) is 30.5 Å². The van der Waals surface area contributed by atoms with Crippen LogP contribution >= 0.6 is 24.0 Å². The minimum Gasteiger partial charge on any atom is -0.375 e. The van der Waals surface area contributed by atoms with E-state index in [0.717, 1.165) is 4.90 Å². The number of aromatic nitrogens is 4. The van der Waals surface area contributed by atoms with Crippen molar-refractivity contribution in [1.29, 1.82) is 0 Å². The molecule has 3 heterocycles. The molecule has 9 nitrogen and oxygen atoms in total. The van der Waals surface area contributed by atoms with Crippen molar-refractivity contribution in [2.45, 2.75) is 38.1 Å². The lowest BCUT2D eigenvalue weighted by Gasteiger charge is -2.34. The van der Waals surface area contributed by atoms with Crippen molar-refractivity contribution in [1.82, 2.24) is 29.8 Å². The first-order valence-electron chi connectivity index (χ1n) is 11.4. The summed E-state index contributed by atoms with van der Waals surface area (Å²) >= 11 is 5.93. The summed E-state index contributed by atoms with van der Waals surface area (Å²) in [7, 11) is 2.75. The summed E-state index contributed by atoms with van der Waals surface area (Å²) in [5.74, 6) is -0.629. The van der Waals surface area contributed by atoms with Crippen molar-refractivity contribution in [2.75, 3.05) is 32.6 Å². The molecule has 3 aromatic rings. The fourth-order valence-electron chi connectivity index (χ4n) is 4.45. The number of carbonyl (C=O) groups excluding carboxylic acids is 1. The molecule has 0 unspecified atom stereocenters. The summed E-state index contributed by atoms with van der Waals surface area (Å²) in [6, 6.07) is 3.73. The van der Waals surface area contributed by atoms with Crippen LogP contribution in [0.5, 0.6) is 0 Å². The normalized spacial score (nSPS) is 16.2. The summed E-state index contributed by atoms with van der Waals surface area (Å²) in [5.41, 5.74) is 1.60. The number of amides is 1. The lowest BCUT2D eigenvalue weighted by atomic mass is 9.95. The fraction of sp³-hybridized carbons (Fsp3) is 0.478. The number of piperidine rings is 1. The highest BCUT2D eigenvalue weighted by Crippen LogP contribution is 2.39. The Morgan fingerprint density at radius 1 is 1.27 bits per heavy atom. The molecule has 202 valence electrons. The number of anilines is 2. The smallest absolute Gasteiger partial charge is 0.375 e. The first-order valence-corrected chi connectivity index (χ1v) is 11.8. The van der Waals surface area contributed by atoms with Gasteiger partial charge in [0.2, 0.25) is 11.2 Å². The van der Waals surface area contributed by atoms with E-state index in [1.807, 2.05) is 6.92 Å². The standard InChI is InChI=1S/C23H27ClF3N7O2.ClH/c1-13(36-3)18-17(12-29-22-31-21(24)32-34(18)22)30-16-6-4-14(5-7-16)19(23(25,26)27)33(2)20(35)15-8-10-28-11-9-15;/h4-7,12-13,15,19,28,30H,8-11H2,1-3H3;1H/t13-,19-;/m0./s1. The van der Waals surface area contributed by atoms with Gasteiger partial charge >= 0.3 is 6.18 Å². The first-order chi connectivity index (χ1) is 17.1. The summed E-state index contributed by atoms with van der Waals surface area (Å²) in [6.45, 7) is 3.04.